The standard InChI is InChI=1S/C20H21F4N5O4S/c1-32-20(31)15-7-11(27-33-15)13-9-34-19(25-13)10-2-4-28(5-3-10)16(30)8-29-14(18(23)24)6-12(26-29)17(21)22/h6,9-10,15,17-18H,2-5,7-8H2,1H3. The van der Waals surface area contributed by atoms with Crippen LogP contribution in [0.15, 0.2) is 16.6 Å². The molecular weight excluding hydrogens is 482 g/mol. The van der Waals surface area contributed by atoms with Gasteiger partial charge in [0.25, 0.3) is 12.9 Å². The molecule has 14 heteroatoms. The van der Waals surface area contributed by atoms with E-state index in [2.05, 4.69) is 20.0 Å². The van der Waals surface area contributed by atoms with Crippen molar-refractivity contribution in [3.8, 4) is 0 Å². The smallest absolute Gasteiger partial charge is 0.350 e. The van der Waals surface area contributed by atoms with Crippen molar-refractivity contribution in [2.45, 2.75) is 50.7 Å². The second kappa shape index (κ2) is 10.1. The summed E-state index contributed by atoms with van der Waals surface area (Å²) in [4.78, 5) is 35.4. The van der Waals surface area contributed by atoms with E-state index in [0.29, 0.717) is 48.1 Å². The molecule has 0 saturated carbocycles. The van der Waals surface area contributed by atoms with E-state index in [4.69, 9.17) is 4.84 Å². The molecule has 1 unspecified atom stereocenters. The van der Waals surface area contributed by atoms with E-state index in [1.807, 2.05) is 5.38 Å². The Labute approximate surface area is 195 Å². The number of nitrogens with zero attached hydrogens (tertiary/aromatic N) is 5. The lowest BCUT2D eigenvalue weighted by atomic mass is 9.97. The lowest BCUT2D eigenvalue weighted by Gasteiger charge is -2.31. The molecule has 2 aliphatic rings. The zero-order valence-corrected chi connectivity index (χ0v) is 18.8. The van der Waals surface area contributed by atoms with Crippen LogP contribution in [-0.4, -0.2) is 63.6 Å². The summed E-state index contributed by atoms with van der Waals surface area (Å²) in [5.74, 6) is -0.878. The number of halogens is 4. The number of hydrogen-bond donors (Lipinski definition) is 0. The number of esters is 1. The van der Waals surface area contributed by atoms with E-state index in [0.717, 1.165) is 5.01 Å². The molecule has 0 aliphatic carbocycles. The summed E-state index contributed by atoms with van der Waals surface area (Å²) in [6.45, 7) is 0.222. The van der Waals surface area contributed by atoms with Gasteiger partial charge in [-0.15, -0.1) is 11.3 Å². The van der Waals surface area contributed by atoms with Crippen LogP contribution in [0.25, 0.3) is 0 Å². The van der Waals surface area contributed by atoms with Gasteiger partial charge in [0.2, 0.25) is 12.0 Å². The zero-order chi connectivity index (χ0) is 24.4. The average molecular weight is 503 g/mol. The van der Waals surface area contributed by atoms with Gasteiger partial charge in [-0.3, -0.25) is 9.48 Å². The molecular formula is C20H21F4N5O4S. The highest BCUT2D eigenvalue weighted by atomic mass is 32.1. The van der Waals surface area contributed by atoms with Crippen LogP contribution >= 0.6 is 11.3 Å². The van der Waals surface area contributed by atoms with E-state index >= 15 is 0 Å². The zero-order valence-electron chi connectivity index (χ0n) is 18.0. The number of ether oxygens (including phenoxy) is 1. The van der Waals surface area contributed by atoms with Gasteiger partial charge in [-0.25, -0.2) is 27.3 Å². The Kier molecular flexibility index (Phi) is 7.14. The maximum Gasteiger partial charge on any atom is 0.350 e. The van der Waals surface area contributed by atoms with Gasteiger partial charge in [0.05, 0.1) is 17.8 Å². The van der Waals surface area contributed by atoms with Crippen LogP contribution in [0.3, 0.4) is 0 Å². The van der Waals surface area contributed by atoms with Crippen LogP contribution in [0.4, 0.5) is 17.6 Å². The minimum absolute atomic E-state index is 0.0916. The Hall–Kier alpha value is -3.03. The molecule has 0 radical (unpaired) electrons. The molecule has 2 aromatic rings. The summed E-state index contributed by atoms with van der Waals surface area (Å²) < 4.78 is 57.3. The molecule has 1 atom stereocenters. The summed E-state index contributed by atoms with van der Waals surface area (Å²) >= 11 is 1.45. The fraction of sp³-hybridized carbons (Fsp3) is 0.550. The monoisotopic (exact) mass is 503 g/mol. The third-order valence-corrected chi connectivity index (χ3v) is 6.72. The molecule has 34 heavy (non-hydrogen) atoms. The van der Waals surface area contributed by atoms with Gasteiger partial charge in [0.15, 0.2) is 0 Å². The summed E-state index contributed by atoms with van der Waals surface area (Å²) in [6, 6.07) is 0.627. The highest BCUT2D eigenvalue weighted by molar-refractivity contribution is 7.10. The van der Waals surface area contributed by atoms with Crippen LogP contribution in [0.5, 0.6) is 0 Å². The molecule has 4 rings (SSSR count). The minimum Gasteiger partial charge on any atom is -0.466 e. The first kappa shape index (κ1) is 24.1. The fourth-order valence-electron chi connectivity index (χ4n) is 3.86. The van der Waals surface area contributed by atoms with Gasteiger partial charge < -0.3 is 14.5 Å². The largest absolute Gasteiger partial charge is 0.466 e. The third-order valence-electron chi connectivity index (χ3n) is 5.71. The van der Waals surface area contributed by atoms with Gasteiger partial charge in [-0.05, 0) is 18.9 Å². The molecule has 1 saturated heterocycles. The van der Waals surface area contributed by atoms with Gasteiger partial charge in [-0.2, -0.15) is 5.10 Å². The number of rotatable bonds is 7. The topological polar surface area (TPSA) is 98.9 Å². The highest BCUT2D eigenvalue weighted by Crippen LogP contribution is 2.32. The molecule has 2 aliphatic heterocycles. The van der Waals surface area contributed by atoms with Crippen molar-refractivity contribution >= 4 is 28.9 Å². The van der Waals surface area contributed by atoms with Gasteiger partial charge >= 0.3 is 5.97 Å². The fourth-order valence-corrected chi connectivity index (χ4v) is 4.86. The molecule has 0 aromatic carbocycles. The number of methoxy groups -OCH3 is 1. The van der Waals surface area contributed by atoms with E-state index < -0.39 is 48.8 Å². The van der Waals surface area contributed by atoms with E-state index in [1.165, 1.54) is 23.3 Å². The Morgan fingerprint density at radius 1 is 1.24 bits per heavy atom. The van der Waals surface area contributed by atoms with Crippen LogP contribution < -0.4 is 0 Å². The number of likely N-dealkylation sites (tertiary alicyclic amines) is 1. The van der Waals surface area contributed by atoms with E-state index in [-0.39, 0.29) is 12.3 Å². The molecule has 4 heterocycles. The van der Waals surface area contributed by atoms with Crippen molar-refractivity contribution in [1.82, 2.24) is 19.7 Å². The van der Waals surface area contributed by atoms with Gasteiger partial charge in [0, 0.05) is 30.8 Å². The maximum absolute atomic E-state index is 13.2. The lowest BCUT2D eigenvalue weighted by molar-refractivity contribution is -0.152. The third kappa shape index (κ3) is 5.05. The Morgan fingerprint density at radius 2 is 1.97 bits per heavy atom. The Balaban J connectivity index is 1.33. The second-order valence-electron chi connectivity index (χ2n) is 7.84. The first-order chi connectivity index (χ1) is 16.3. The second-order valence-corrected chi connectivity index (χ2v) is 8.73. The van der Waals surface area contributed by atoms with Crippen molar-refractivity contribution in [3.63, 3.8) is 0 Å². The lowest BCUT2D eigenvalue weighted by Crippen LogP contribution is -2.40. The number of amides is 1. The molecule has 2 aromatic heterocycles. The van der Waals surface area contributed by atoms with Crippen molar-refractivity contribution in [2.24, 2.45) is 5.16 Å². The maximum atomic E-state index is 13.2. The van der Waals surface area contributed by atoms with Crippen LogP contribution in [-0.2, 0) is 25.7 Å². The number of carbonyl (C=O) groups is 2. The number of thiazole rings is 1. The van der Waals surface area contributed by atoms with Gasteiger partial charge in [0.1, 0.15) is 23.6 Å². The molecule has 0 N–H and O–H groups in total. The quantitative estimate of drug-likeness (QED) is 0.425. The van der Waals surface area contributed by atoms with Crippen LogP contribution in [0, 0.1) is 0 Å². The van der Waals surface area contributed by atoms with E-state index in [9.17, 15) is 27.2 Å². The summed E-state index contributed by atoms with van der Waals surface area (Å²) in [5, 5.41) is 10.1. The first-order valence-electron chi connectivity index (χ1n) is 10.4. The Morgan fingerprint density at radius 3 is 2.62 bits per heavy atom. The summed E-state index contributed by atoms with van der Waals surface area (Å²) in [5.41, 5.74) is -0.306. The van der Waals surface area contributed by atoms with Crippen molar-refractivity contribution < 1.29 is 36.7 Å². The molecule has 184 valence electrons. The van der Waals surface area contributed by atoms with Crippen LogP contribution in [0.2, 0.25) is 0 Å². The van der Waals surface area contributed by atoms with Crippen molar-refractivity contribution in [3.05, 3.63) is 33.5 Å². The predicted octanol–water partition coefficient (Wildman–Crippen LogP) is 3.29. The number of alkyl halides is 4. The Bertz CT molecular complexity index is 1080. The average Bonchev–Trinajstić information content (AvgIpc) is 3.57. The first-order valence-corrected chi connectivity index (χ1v) is 11.3. The molecule has 1 fully saturated rings. The number of carbonyl (C=O) groups excluding carboxylic acids is 2. The molecule has 0 bridgehead atoms. The van der Waals surface area contributed by atoms with Gasteiger partial charge in [-0.1, -0.05) is 5.16 Å². The number of piperidine rings is 1. The number of oxime groups is 1. The minimum atomic E-state index is -3.02. The highest BCUT2D eigenvalue weighted by Gasteiger charge is 2.32. The molecule has 1 amide bonds. The molecule has 9 nitrogen and oxygen atoms in total. The molecule has 0 spiro atoms. The van der Waals surface area contributed by atoms with E-state index in [1.54, 1.807) is 0 Å². The predicted molar refractivity (Wildman–Crippen MR) is 111 cm³/mol. The number of aromatic nitrogens is 3. The normalized spacial score (nSPS) is 19.0. The SMILES string of the molecule is COC(=O)C1CC(c2csc(C3CCN(C(=O)Cn4nc(C(F)F)cc4C(F)F)CC3)n2)=NO1. The summed E-state index contributed by atoms with van der Waals surface area (Å²) in [6.07, 6.45) is -5.32. The van der Waals surface area contributed by atoms with Crippen molar-refractivity contribution in [2.75, 3.05) is 20.2 Å². The van der Waals surface area contributed by atoms with Crippen molar-refractivity contribution in [1.29, 1.82) is 0 Å². The number of hydrogen-bond acceptors (Lipinski definition) is 8. The summed E-state index contributed by atoms with van der Waals surface area (Å²) in [7, 11) is 1.27. The van der Waals surface area contributed by atoms with Crippen LogP contribution in [0.1, 0.15) is 60.1 Å².